The molecule has 0 spiro atoms. The van der Waals surface area contributed by atoms with E-state index in [1.807, 2.05) is 12.1 Å². The predicted octanol–water partition coefficient (Wildman–Crippen LogP) is 3.64. The van der Waals surface area contributed by atoms with Crippen LogP contribution in [0.3, 0.4) is 0 Å². The zero-order valence-electron chi connectivity index (χ0n) is 18.4. The highest BCUT2D eigenvalue weighted by Crippen LogP contribution is 2.23. The van der Waals surface area contributed by atoms with Crippen molar-refractivity contribution in [1.82, 2.24) is 10.2 Å². The number of nitrogens with zero attached hydrogens (tertiary/aromatic N) is 1. The molecule has 176 valence electrons. The molecule has 6 nitrogen and oxygen atoms in total. The molecule has 9 heteroatoms. The second-order valence-corrected chi connectivity index (χ2v) is 8.32. The van der Waals surface area contributed by atoms with Gasteiger partial charge in [-0.15, -0.1) is 0 Å². The van der Waals surface area contributed by atoms with E-state index in [4.69, 9.17) is 0 Å². The summed E-state index contributed by atoms with van der Waals surface area (Å²) in [5.41, 5.74) is 2.26. The maximum atomic E-state index is 13.0. The van der Waals surface area contributed by atoms with Crippen LogP contribution < -0.4 is 10.6 Å². The average molecular weight is 461 g/mol. The lowest BCUT2D eigenvalue weighted by Gasteiger charge is -2.41. The van der Waals surface area contributed by atoms with Gasteiger partial charge in [-0.2, -0.15) is 13.2 Å². The largest absolute Gasteiger partial charge is 0.471 e. The van der Waals surface area contributed by atoms with Gasteiger partial charge in [-0.1, -0.05) is 56.3 Å². The van der Waals surface area contributed by atoms with Crippen molar-refractivity contribution in [3.63, 3.8) is 0 Å². The smallest absolute Gasteiger partial charge is 0.336 e. The van der Waals surface area contributed by atoms with Gasteiger partial charge in [0.15, 0.2) is 0 Å². The Hall–Kier alpha value is -3.36. The van der Waals surface area contributed by atoms with Crippen LogP contribution in [0.2, 0.25) is 0 Å². The van der Waals surface area contributed by atoms with Crippen molar-refractivity contribution < 1.29 is 27.6 Å². The summed E-state index contributed by atoms with van der Waals surface area (Å²) in [7, 11) is 0. The number of alkyl halides is 3. The molecule has 0 aliphatic carbocycles. The number of carbonyl (C=O) groups excluding carboxylic acids is 3. The Kier molecular flexibility index (Phi) is 7.40. The molecule has 3 amide bonds. The molecule has 1 saturated heterocycles. The van der Waals surface area contributed by atoms with Crippen LogP contribution in [0.1, 0.15) is 37.3 Å². The summed E-state index contributed by atoms with van der Waals surface area (Å²) in [6.45, 7) is 4.32. The summed E-state index contributed by atoms with van der Waals surface area (Å²) in [6.07, 6.45) is -4.86. The molecule has 33 heavy (non-hydrogen) atoms. The molecule has 0 saturated carbocycles. The molecule has 1 fully saturated rings. The van der Waals surface area contributed by atoms with E-state index in [1.54, 1.807) is 47.8 Å². The number of carbonyl (C=O) groups is 3. The van der Waals surface area contributed by atoms with Gasteiger partial charge in [-0.25, -0.2) is 0 Å². The van der Waals surface area contributed by atoms with Crippen LogP contribution in [-0.4, -0.2) is 47.4 Å². The Labute approximate surface area is 190 Å². The third-order valence-electron chi connectivity index (χ3n) is 5.59. The molecule has 2 aromatic rings. The Balaban J connectivity index is 1.70. The number of rotatable bonds is 7. The molecule has 2 atom stereocenters. The van der Waals surface area contributed by atoms with Gasteiger partial charge in [0, 0.05) is 18.7 Å². The van der Waals surface area contributed by atoms with E-state index < -0.39 is 36.0 Å². The van der Waals surface area contributed by atoms with E-state index in [0.29, 0.717) is 23.6 Å². The fourth-order valence-electron chi connectivity index (χ4n) is 3.59. The molecule has 0 aromatic heterocycles. The van der Waals surface area contributed by atoms with Crippen LogP contribution in [0.5, 0.6) is 0 Å². The van der Waals surface area contributed by atoms with E-state index in [0.717, 1.165) is 5.56 Å². The number of nitrogens with one attached hydrogen (secondary N) is 2. The van der Waals surface area contributed by atoms with E-state index in [2.05, 4.69) is 19.2 Å². The number of anilines is 1. The SMILES string of the molecule is CC(C)c1ccc(NC(=O)[C@H]2CCN2C(=O)[C@H](Cc2ccccc2)NC(=O)C(F)(F)F)cc1. The lowest BCUT2D eigenvalue weighted by molar-refractivity contribution is -0.175. The van der Waals surface area contributed by atoms with Crippen LogP contribution >= 0.6 is 0 Å². The zero-order chi connectivity index (χ0) is 24.2. The summed E-state index contributed by atoms with van der Waals surface area (Å²) < 4.78 is 38.5. The van der Waals surface area contributed by atoms with Crippen molar-refractivity contribution in [1.29, 1.82) is 0 Å². The molecule has 1 aliphatic heterocycles. The molecule has 0 unspecified atom stereocenters. The Bertz CT molecular complexity index is 992. The molecular formula is C24H26F3N3O3. The number of benzene rings is 2. The fraction of sp³-hybridized carbons (Fsp3) is 0.375. The Morgan fingerprint density at radius 2 is 1.67 bits per heavy atom. The van der Waals surface area contributed by atoms with Gasteiger partial charge in [-0.05, 0) is 35.6 Å². The number of amides is 3. The number of hydrogen-bond donors (Lipinski definition) is 2. The van der Waals surface area contributed by atoms with Gasteiger partial charge in [0.25, 0.3) is 0 Å². The highest BCUT2D eigenvalue weighted by Gasteiger charge is 2.44. The Morgan fingerprint density at radius 1 is 1.03 bits per heavy atom. The van der Waals surface area contributed by atoms with E-state index in [-0.39, 0.29) is 13.0 Å². The minimum absolute atomic E-state index is 0.122. The number of likely N-dealkylation sites (tertiary alicyclic amines) is 1. The van der Waals surface area contributed by atoms with Crippen LogP contribution in [0.25, 0.3) is 0 Å². The van der Waals surface area contributed by atoms with Crippen molar-refractivity contribution >= 4 is 23.4 Å². The highest BCUT2D eigenvalue weighted by molar-refractivity contribution is 5.99. The summed E-state index contributed by atoms with van der Waals surface area (Å²) in [6, 6.07) is 13.5. The highest BCUT2D eigenvalue weighted by atomic mass is 19.4. The van der Waals surface area contributed by atoms with Gasteiger partial charge in [0.2, 0.25) is 11.8 Å². The van der Waals surface area contributed by atoms with Crippen LogP contribution in [0, 0.1) is 0 Å². The summed E-state index contributed by atoms with van der Waals surface area (Å²) in [4.78, 5) is 38.5. The normalized spacial score (nSPS) is 16.7. The second kappa shape index (κ2) is 10.1. The van der Waals surface area contributed by atoms with Gasteiger partial charge in [0.05, 0.1) is 0 Å². The lowest BCUT2D eigenvalue weighted by atomic mass is 9.97. The standard InChI is InChI=1S/C24H26F3N3O3/c1-15(2)17-8-10-18(11-9-17)28-21(31)20-12-13-30(20)22(32)19(29-23(33)24(25,26)27)14-16-6-4-3-5-7-16/h3-11,15,19-20H,12-14H2,1-2H3,(H,28,31)(H,29,33)/t19-,20+/m0/s1. The summed E-state index contributed by atoms with van der Waals surface area (Å²) >= 11 is 0. The third-order valence-corrected chi connectivity index (χ3v) is 5.59. The van der Waals surface area contributed by atoms with Crippen molar-refractivity contribution in [2.24, 2.45) is 0 Å². The van der Waals surface area contributed by atoms with Crippen LogP contribution in [0.4, 0.5) is 18.9 Å². The molecule has 2 N–H and O–H groups in total. The van der Waals surface area contributed by atoms with Crippen molar-refractivity contribution in [3.8, 4) is 0 Å². The average Bonchev–Trinajstić information content (AvgIpc) is 2.72. The van der Waals surface area contributed by atoms with Gasteiger partial charge in [0.1, 0.15) is 12.1 Å². The molecule has 1 heterocycles. The summed E-state index contributed by atoms with van der Waals surface area (Å²) in [5.74, 6) is -3.00. The van der Waals surface area contributed by atoms with E-state index in [1.165, 1.54) is 4.90 Å². The van der Waals surface area contributed by atoms with Crippen LogP contribution in [-0.2, 0) is 20.8 Å². The first-order chi connectivity index (χ1) is 15.6. The first-order valence-corrected chi connectivity index (χ1v) is 10.7. The molecule has 0 radical (unpaired) electrons. The molecule has 3 rings (SSSR count). The molecule has 1 aliphatic rings. The third kappa shape index (κ3) is 6.12. The topological polar surface area (TPSA) is 78.5 Å². The minimum Gasteiger partial charge on any atom is -0.336 e. The predicted molar refractivity (Wildman–Crippen MR) is 117 cm³/mol. The first kappa shape index (κ1) is 24.3. The van der Waals surface area contributed by atoms with Crippen LogP contribution in [0.15, 0.2) is 54.6 Å². The van der Waals surface area contributed by atoms with Gasteiger partial charge in [-0.3, -0.25) is 14.4 Å². The van der Waals surface area contributed by atoms with Crippen molar-refractivity contribution in [2.75, 3.05) is 11.9 Å². The van der Waals surface area contributed by atoms with E-state index in [9.17, 15) is 27.6 Å². The molecule has 0 bridgehead atoms. The Morgan fingerprint density at radius 3 is 2.18 bits per heavy atom. The molecular weight excluding hydrogens is 435 g/mol. The number of hydrogen-bond acceptors (Lipinski definition) is 3. The zero-order valence-corrected chi connectivity index (χ0v) is 18.4. The first-order valence-electron chi connectivity index (χ1n) is 10.7. The number of halogens is 3. The summed E-state index contributed by atoms with van der Waals surface area (Å²) in [5, 5.41) is 4.54. The second-order valence-electron chi connectivity index (χ2n) is 8.32. The van der Waals surface area contributed by atoms with Crippen molar-refractivity contribution in [2.45, 2.75) is 50.9 Å². The lowest BCUT2D eigenvalue weighted by Crippen LogP contribution is -2.62. The molecule has 2 aromatic carbocycles. The maximum absolute atomic E-state index is 13.0. The monoisotopic (exact) mass is 461 g/mol. The van der Waals surface area contributed by atoms with Gasteiger partial charge >= 0.3 is 12.1 Å². The minimum atomic E-state index is -5.12. The maximum Gasteiger partial charge on any atom is 0.471 e. The van der Waals surface area contributed by atoms with E-state index >= 15 is 0 Å². The van der Waals surface area contributed by atoms with Gasteiger partial charge < -0.3 is 15.5 Å². The fourth-order valence-corrected chi connectivity index (χ4v) is 3.59. The quantitative estimate of drug-likeness (QED) is 0.661. The van der Waals surface area contributed by atoms with Crippen molar-refractivity contribution in [3.05, 3.63) is 65.7 Å².